The van der Waals surface area contributed by atoms with Crippen molar-refractivity contribution in [1.29, 1.82) is 0 Å². The second-order valence-corrected chi connectivity index (χ2v) is 8.99. The third kappa shape index (κ3) is 5.63. The third-order valence-electron chi connectivity index (χ3n) is 4.38. The number of aryl methyl sites for hydroxylation is 1. The number of hydrogen-bond donors (Lipinski definition) is 1. The van der Waals surface area contributed by atoms with Crippen LogP contribution in [0.15, 0.2) is 76.9 Å². The van der Waals surface area contributed by atoms with E-state index >= 15 is 0 Å². The maximum absolute atomic E-state index is 13.5. The smallest absolute Gasteiger partial charge is 0.264 e. The fourth-order valence-electron chi connectivity index (χ4n) is 2.78. The highest BCUT2D eigenvalue weighted by atomic mass is 35.5. The van der Waals surface area contributed by atoms with Gasteiger partial charge in [0.05, 0.1) is 29.6 Å². The highest BCUT2D eigenvalue weighted by Crippen LogP contribution is 2.34. The van der Waals surface area contributed by atoms with Crippen LogP contribution in [-0.2, 0) is 14.8 Å². The van der Waals surface area contributed by atoms with Crippen molar-refractivity contribution < 1.29 is 17.9 Å². The molecule has 3 rings (SSSR count). The molecule has 1 N–H and O–H groups in total. The summed E-state index contributed by atoms with van der Waals surface area (Å²) in [4.78, 5) is 16.7. The van der Waals surface area contributed by atoms with Crippen LogP contribution in [-0.4, -0.2) is 39.2 Å². The van der Waals surface area contributed by atoms with E-state index in [1.54, 1.807) is 42.6 Å². The highest BCUT2D eigenvalue weighted by molar-refractivity contribution is 7.92. The monoisotopic (exact) mass is 472 g/mol. The van der Waals surface area contributed by atoms with Crippen LogP contribution in [0.5, 0.6) is 5.75 Å². The van der Waals surface area contributed by atoms with Gasteiger partial charge in [0.25, 0.3) is 15.9 Å². The number of nitrogens with zero attached hydrogens (tertiary/aromatic N) is 3. The molecule has 1 heterocycles. The van der Waals surface area contributed by atoms with Gasteiger partial charge in [0.15, 0.2) is 0 Å². The Bertz CT molecular complexity index is 1220. The van der Waals surface area contributed by atoms with E-state index in [9.17, 15) is 13.2 Å². The minimum atomic E-state index is -4.12. The number of anilines is 1. The summed E-state index contributed by atoms with van der Waals surface area (Å²) in [5.41, 5.74) is 3.89. The molecule has 0 saturated carbocycles. The summed E-state index contributed by atoms with van der Waals surface area (Å²) >= 11 is 6.11. The number of sulfonamides is 1. The molecule has 0 aliphatic carbocycles. The van der Waals surface area contributed by atoms with Crippen molar-refractivity contribution in [3.05, 3.63) is 83.1 Å². The molecule has 32 heavy (non-hydrogen) atoms. The zero-order chi connectivity index (χ0) is 23.1. The van der Waals surface area contributed by atoms with Gasteiger partial charge in [-0.15, -0.1) is 0 Å². The maximum atomic E-state index is 13.5. The predicted octanol–water partition coefficient (Wildman–Crippen LogP) is 3.40. The van der Waals surface area contributed by atoms with E-state index in [4.69, 9.17) is 16.3 Å². The molecule has 0 saturated heterocycles. The van der Waals surface area contributed by atoms with E-state index in [1.807, 2.05) is 6.92 Å². The van der Waals surface area contributed by atoms with Crippen molar-refractivity contribution >= 4 is 39.4 Å². The van der Waals surface area contributed by atoms with Crippen LogP contribution in [0.3, 0.4) is 0 Å². The first kappa shape index (κ1) is 23.2. The van der Waals surface area contributed by atoms with E-state index < -0.39 is 22.5 Å². The van der Waals surface area contributed by atoms with E-state index in [0.717, 1.165) is 9.87 Å². The number of methoxy groups -OCH3 is 1. The van der Waals surface area contributed by atoms with E-state index in [1.165, 1.54) is 37.6 Å². The van der Waals surface area contributed by atoms with Gasteiger partial charge in [-0.1, -0.05) is 35.4 Å². The van der Waals surface area contributed by atoms with Crippen LogP contribution in [0.4, 0.5) is 5.69 Å². The first-order valence-corrected chi connectivity index (χ1v) is 11.3. The number of nitrogens with one attached hydrogen (secondary N) is 1. The highest BCUT2D eigenvalue weighted by Gasteiger charge is 2.29. The number of halogens is 1. The summed E-state index contributed by atoms with van der Waals surface area (Å²) in [6.07, 6.45) is 2.95. The van der Waals surface area contributed by atoms with Crippen LogP contribution in [0.2, 0.25) is 5.02 Å². The number of aromatic nitrogens is 1. The molecule has 0 atom stereocenters. The number of carbonyl (C=O) groups excluding carboxylic acids is 1. The van der Waals surface area contributed by atoms with Crippen molar-refractivity contribution in [3.8, 4) is 5.75 Å². The van der Waals surface area contributed by atoms with E-state index in [2.05, 4.69) is 15.5 Å². The van der Waals surface area contributed by atoms with Gasteiger partial charge in [-0.3, -0.25) is 14.1 Å². The summed E-state index contributed by atoms with van der Waals surface area (Å²) in [6.45, 7) is 1.30. The van der Waals surface area contributed by atoms with Crippen LogP contribution < -0.4 is 14.5 Å². The number of ether oxygens (including phenoxy) is 1. The molecule has 8 nitrogen and oxygen atoms in total. The molecule has 3 aromatic rings. The Hall–Kier alpha value is -3.43. The molecule has 0 aliphatic rings. The van der Waals surface area contributed by atoms with Gasteiger partial charge in [0.2, 0.25) is 0 Å². The van der Waals surface area contributed by atoms with Crippen molar-refractivity contribution in [1.82, 2.24) is 10.4 Å². The molecule has 0 bridgehead atoms. The SMILES string of the molecule is COc1ccc(Cl)cc1N(CC(=O)N/N=C\c1ccccn1)S(=O)(=O)c1ccc(C)cc1. The van der Waals surface area contributed by atoms with Crippen LogP contribution >= 0.6 is 11.6 Å². The zero-order valence-corrected chi connectivity index (χ0v) is 19.0. The second kappa shape index (κ2) is 10.3. The minimum Gasteiger partial charge on any atom is -0.495 e. The Morgan fingerprint density at radius 1 is 1.19 bits per heavy atom. The van der Waals surface area contributed by atoms with Crippen molar-refractivity contribution in [2.45, 2.75) is 11.8 Å². The number of carbonyl (C=O) groups is 1. The Balaban J connectivity index is 1.94. The molecular weight excluding hydrogens is 452 g/mol. The molecule has 2 aromatic carbocycles. The number of rotatable bonds is 8. The van der Waals surface area contributed by atoms with E-state index in [0.29, 0.717) is 10.7 Å². The minimum absolute atomic E-state index is 0.0231. The molecule has 1 aromatic heterocycles. The fourth-order valence-corrected chi connectivity index (χ4v) is 4.37. The lowest BCUT2D eigenvalue weighted by atomic mass is 10.2. The molecule has 166 valence electrons. The van der Waals surface area contributed by atoms with Crippen molar-refractivity contribution in [3.63, 3.8) is 0 Å². The Morgan fingerprint density at radius 3 is 2.59 bits per heavy atom. The zero-order valence-electron chi connectivity index (χ0n) is 17.4. The van der Waals surface area contributed by atoms with Crippen LogP contribution in [0, 0.1) is 6.92 Å². The normalized spacial score (nSPS) is 11.3. The topological polar surface area (TPSA) is 101 Å². The lowest BCUT2D eigenvalue weighted by Gasteiger charge is -2.25. The number of hydrogen-bond acceptors (Lipinski definition) is 6. The number of benzene rings is 2. The van der Waals surface area contributed by atoms with E-state index in [-0.39, 0.29) is 16.3 Å². The molecular formula is C22H21ClN4O4S. The first-order chi connectivity index (χ1) is 15.3. The summed E-state index contributed by atoms with van der Waals surface area (Å²) < 4.78 is 33.2. The number of hydrazone groups is 1. The molecule has 10 heteroatoms. The van der Waals surface area contributed by atoms with Gasteiger partial charge >= 0.3 is 0 Å². The Labute approximate surface area is 191 Å². The van der Waals surface area contributed by atoms with Gasteiger partial charge in [0, 0.05) is 11.2 Å². The number of pyridine rings is 1. The van der Waals surface area contributed by atoms with Gasteiger partial charge in [0.1, 0.15) is 12.3 Å². The second-order valence-electron chi connectivity index (χ2n) is 6.69. The fraction of sp³-hybridized carbons (Fsp3) is 0.136. The van der Waals surface area contributed by atoms with Crippen molar-refractivity contribution in [2.24, 2.45) is 5.10 Å². The largest absolute Gasteiger partial charge is 0.495 e. The summed E-state index contributed by atoms with van der Waals surface area (Å²) in [5, 5.41) is 4.14. The quantitative estimate of drug-likeness (QED) is 0.400. The lowest BCUT2D eigenvalue weighted by Crippen LogP contribution is -2.39. The standard InChI is InChI=1S/C22H21ClN4O4S/c1-16-6-9-19(10-7-16)32(29,30)27(20-13-17(23)8-11-21(20)31-2)15-22(28)26-25-14-18-5-3-4-12-24-18/h3-14H,15H2,1-2H3,(H,26,28)/b25-14-. The predicted molar refractivity (Wildman–Crippen MR) is 124 cm³/mol. The molecule has 0 fully saturated rings. The average Bonchev–Trinajstić information content (AvgIpc) is 2.78. The van der Waals surface area contributed by atoms with Gasteiger partial charge in [-0.25, -0.2) is 13.8 Å². The first-order valence-electron chi connectivity index (χ1n) is 9.47. The van der Waals surface area contributed by atoms with Crippen LogP contribution in [0.1, 0.15) is 11.3 Å². The van der Waals surface area contributed by atoms with Gasteiger partial charge < -0.3 is 4.74 Å². The summed E-state index contributed by atoms with van der Waals surface area (Å²) in [5.74, 6) is -0.412. The molecule has 0 unspecified atom stereocenters. The Kier molecular flexibility index (Phi) is 7.45. The molecule has 0 spiro atoms. The average molecular weight is 473 g/mol. The summed E-state index contributed by atoms with van der Waals surface area (Å²) in [6, 6.07) is 16.1. The van der Waals surface area contributed by atoms with Crippen LogP contribution in [0.25, 0.3) is 0 Å². The molecule has 0 aliphatic heterocycles. The Morgan fingerprint density at radius 2 is 1.94 bits per heavy atom. The number of amides is 1. The summed E-state index contributed by atoms with van der Waals surface area (Å²) in [7, 11) is -2.72. The third-order valence-corrected chi connectivity index (χ3v) is 6.39. The molecule has 1 amide bonds. The lowest BCUT2D eigenvalue weighted by molar-refractivity contribution is -0.119. The van der Waals surface area contributed by atoms with Crippen molar-refractivity contribution in [2.75, 3.05) is 18.0 Å². The maximum Gasteiger partial charge on any atom is 0.264 e. The van der Waals surface area contributed by atoms with Gasteiger partial charge in [-0.2, -0.15) is 5.10 Å². The van der Waals surface area contributed by atoms with Gasteiger partial charge in [-0.05, 0) is 49.4 Å². The molecule has 0 radical (unpaired) electrons.